The maximum Gasteiger partial charge on any atom is 0.119 e. The topological polar surface area (TPSA) is 24.5 Å². The second kappa shape index (κ2) is 8.94. The van der Waals surface area contributed by atoms with Crippen molar-refractivity contribution in [1.29, 1.82) is 0 Å². The molecule has 3 heteroatoms. The summed E-state index contributed by atoms with van der Waals surface area (Å²) in [7, 11) is 4.21. The lowest BCUT2D eigenvalue weighted by Gasteiger charge is -2.24. The molecule has 0 aliphatic heterocycles. The van der Waals surface area contributed by atoms with Crippen LogP contribution in [0.2, 0.25) is 0 Å². The van der Waals surface area contributed by atoms with E-state index in [0.717, 1.165) is 18.8 Å². The third kappa shape index (κ3) is 5.62. The van der Waals surface area contributed by atoms with Crippen molar-refractivity contribution in [2.45, 2.75) is 32.7 Å². The summed E-state index contributed by atoms with van der Waals surface area (Å²) in [6.07, 6.45) is 2.51. The van der Waals surface area contributed by atoms with Gasteiger partial charge < -0.3 is 15.0 Å². The Morgan fingerprint density at radius 1 is 1.21 bits per heavy atom. The van der Waals surface area contributed by atoms with Gasteiger partial charge in [0, 0.05) is 12.6 Å². The van der Waals surface area contributed by atoms with Crippen LogP contribution in [0.5, 0.6) is 5.75 Å². The fourth-order valence-electron chi connectivity index (χ4n) is 2.16. The molecule has 0 radical (unpaired) electrons. The molecule has 1 aromatic rings. The Labute approximate surface area is 118 Å². The second-order valence-corrected chi connectivity index (χ2v) is 4.96. The number of hydrogen-bond acceptors (Lipinski definition) is 3. The van der Waals surface area contributed by atoms with Gasteiger partial charge in [-0.2, -0.15) is 0 Å². The Balaban J connectivity index is 2.58. The van der Waals surface area contributed by atoms with Crippen molar-refractivity contribution in [3.05, 3.63) is 29.8 Å². The van der Waals surface area contributed by atoms with Crippen molar-refractivity contribution in [2.75, 3.05) is 33.8 Å². The van der Waals surface area contributed by atoms with Gasteiger partial charge in [0.1, 0.15) is 5.75 Å². The van der Waals surface area contributed by atoms with Crippen molar-refractivity contribution in [3.63, 3.8) is 0 Å². The molecule has 0 saturated heterocycles. The molecule has 3 nitrogen and oxygen atoms in total. The van der Waals surface area contributed by atoms with Crippen molar-refractivity contribution < 1.29 is 4.74 Å². The van der Waals surface area contributed by atoms with Crippen LogP contribution in [0.15, 0.2) is 24.3 Å². The highest BCUT2D eigenvalue weighted by atomic mass is 16.5. The van der Waals surface area contributed by atoms with Gasteiger partial charge in [0.05, 0.1) is 6.61 Å². The molecule has 0 amide bonds. The number of unbranched alkanes of at least 4 members (excludes halogenated alkanes) is 1. The quantitative estimate of drug-likeness (QED) is 0.742. The monoisotopic (exact) mass is 264 g/mol. The molecule has 0 fully saturated rings. The molecule has 0 aliphatic carbocycles. The van der Waals surface area contributed by atoms with E-state index in [0.29, 0.717) is 12.6 Å². The Kier molecular flexibility index (Phi) is 7.53. The van der Waals surface area contributed by atoms with Crippen LogP contribution < -0.4 is 10.1 Å². The lowest BCUT2D eigenvalue weighted by atomic mass is 10.1. The Morgan fingerprint density at radius 2 is 1.89 bits per heavy atom. The minimum absolute atomic E-state index is 0.373. The predicted octanol–water partition coefficient (Wildman–Crippen LogP) is 3.08. The molecule has 0 spiro atoms. The van der Waals surface area contributed by atoms with Crippen LogP contribution >= 0.6 is 0 Å². The van der Waals surface area contributed by atoms with E-state index < -0.39 is 0 Å². The van der Waals surface area contributed by atoms with Crippen molar-refractivity contribution in [2.24, 2.45) is 0 Å². The van der Waals surface area contributed by atoms with Gasteiger partial charge in [-0.25, -0.2) is 0 Å². The average molecular weight is 264 g/mol. The van der Waals surface area contributed by atoms with Crippen LogP contribution in [0, 0.1) is 0 Å². The summed E-state index contributed by atoms with van der Waals surface area (Å²) in [4.78, 5) is 2.39. The minimum Gasteiger partial charge on any atom is -0.494 e. The van der Waals surface area contributed by atoms with Gasteiger partial charge in [0.15, 0.2) is 0 Å². The molecule has 1 N–H and O–H groups in total. The zero-order valence-electron chi connectivity index (χ0n) is 12.8. The molecule has 0 aromatic heterocycles. The first-order valence-corrected chi connectivity index (χ1v) is 7.29. The molecule has 1 unspecified atom stereocenters. The molecule has 0 heterocycles. The maximum absolute atomic E-state index is 5.48. The van der Waals surface area contributed by atoms with Gasteiger partial charge in [-0.3, -0.25) is 0 Å². The smallest absolute Gasteiger partial charge is 0.119 e. The molecule has 1 aromatic carbocycles. The molecule has 1 rings (SSSR count). The fraction of sp³-hybridized carbons (Fsp3) is 0.625. The Hall–Kier alpha value is -1.06. The first-order valence-electron chi connectivity index (χ1n) is 7.29. The Morgan fingerprint density at radius 3 is 2.42 bits per heavy atom. The van der Waals surface area contributed by atoms with Gasteiger partial charge in [0.2, 0.25) is 0 Å². The highest BCUT2D eigenvalue weighted by Crippen LogP contribution is 2.18. The molecular weight excluding hydrogens is 236 g/mol. The van der Waals surface area contributed by atoms with Crippen LogP contribution in [0.1, 0.15) is 38.3 Å². The summed E-state index contributed by atoms with van der Waals surface area (Å²) in [5, 5.41) is 3.39. The van der Waals surface area contributed by atoms with Crippen LogP contribution in [-0.4, -0.2) is 38.7 Å². The number of ether oxygens (including phenoxy) is 1. The first kappa shape index (κ1) is 16.0. The number of rotatable bonds is 9. The first-order chi connectivity index (χ1) is 9.21. The number of nitrogens with one attached hydrogen (secondary N) is 1. The van der Waals surface area contributed by atoms with E-state index in [1.807, 2.05) is 14.0 Å². The summed E-state index contributed by atoms with van der Waals surface area (Å²) in [5.41, 5.74) is 1.31. The number of hydrogen-bond donors (Lipinski definition) is 1. The molecule has 0 bridgehead atoms. The number of likely N-dealkylation sites (N-methyl/N-ethyl adjacent to an activating group) is 2. The minimum atomic E-state index is 0.373. The predicted molar refractivity (Wildman–Crippen MR) is 81.8 cm³/mol. The van der Waals surface area contributed by atoms with Crippen molar-refractivity contribution in [1.82, 2.24) is 10.2 Å². The van der Waals surface area contributed by atoms with E-state index in [9.17, 15) is 0 Å². The maximum atomic E-state index is 5.48. The van der Waals surface area contributed by atoms with E-state index in [2.05, 4.69) is 48.5 Å². The van der Waals surface area contributed by atoms with E-state index in [-0.39, 0.29) is 0 Å². The summed E-state index contributed by atoms with van der Waals surface area (Å²) in [6.45, 7) is 7.15. The number of benzene rings is 1. The van der Waals surface area contributed by atoms with Crippen LogP contribution in [0.3, 0.4) is 0 Å². The molecule has 108 valence electrons. The van der Waals surface area contributed by atoms with E-state index >= 15 is 0 Å². The normalized spacial score (nSPS) is 12.7. The lowest BCUT2D eigenvalue weighted by molar-refractivity contribution is 0.292. The second-order valence-electron chi connectivity index (χ2n) is 4.96. The molecule has 0 saturated carbocycles. The molecule has 19 heavy (non-hydrogen) atoms. The van der Waals surface area contributed by atoms with Gasteiger partial charge in [-0.1, -0.05) is 25.5 Å². The molecule has 0 aliphatic rings. The van der Waals surface area contributed by atoms with Gasteiger partial charge in [-0.15, -0.1) is 0 Å². The largest absolute Gasteiger partial charge is 0.494 e. The van der Waals surface area contributed by atoms with Gasteiger partial charge in [-0.05, 0) is 51.7 Å². The fourth-order valence-corrected chi connectivity index (χ4v) is 2.16. The van der Waals surface area contributed by atoms with E-state index in [4.69, 9.17) is 4.74 Å². The van der Waals surface area contributed by atoms with E-state index in [1.165, 1.54) is 18.4 Å². The molecular formula is C16H28N2O. The number of nitrogens with zero attached hydrogens (tertiary/aromatic N) is 1. The zero-order valence-corrected chi connectivity index (χ0v) is 12.8. The van der Waals surface area contributed by atoms with Crippen molar-refractivity contribution >= 4 is 0 Å². The van der Waals surface area contributed by atoms with Crippen molar-refractivity contribution in [3.8, 4) is 5.75 Å². The highest BCUT2D eigenvalue weighted by Gasteiger charge is 2.11. The summed E-state index contributed by atoms with van der Waals surface area (Å²) >= 11 is 0. The standard InChI is InChI=1S/C16H28N2O/c1-5-7-12-18(4)13-16(17-3)14-8-10-15(11-9-14)19-6-2/h8-11,16-17H,5-7,12-13H2,1-4H3. The SMILES string of the molecule is CCCCN(C)CC(NC)c1ccc(OCC)cc1. The average Bonchev–Trinajstić information content (AvgIpc) is 2.44. The van der Waals surface area contributed by atoms with E-state index in [1.54, 1.807) is 0 Å². The van der Waals surface area contributed by atoms with Crippen LogP contribution in [-0.2, 0) is 0 Å². The zero-order chi connectivity index (χ0) is 14.1. The van der Waals surface area contributed by atoms with Gasteiger partial charge >= 0.3 is 0 Å². The van der Waals surface area contributed by atoms with Crippen LogP contribution in [0.25, 0.3) is 0 Å². The third-order valence-electron chi connectivity index (χ3n) is 3.33. The third-order valence-corrected chi connectivity index (χ3v) is 3.33. The molecule has 1 atom stereocenters. The summed E-state index contributed by atoms with van der Waals surface area (Å²) < 4.78 is 5.48. The van der Waals surface area contributed by atoms with Gasteiger partial charge in [0.25, 0.3) is 0 Å². The van der Waals surface area contributed by atoms with Crippen LogP contribution in [0.4, 0.5) is 0 Å². The Bertz CT molecular complexity index is 337. The summed E-state index contributed by atoms with van der Waals surface area (Å²) in [5.74, 6) is 0.945. The lowest BCUT2D eigenvalue weighted by Crippen LogP contribution is -2.31. The summed E-state index contributed by atoms with van der Waals surface area (Å²) in [6, 6.07) is 8.78. The highest BCUT2D eigenvalue weighted by molar-refractivity contribution is 5.29.